The fraction of sp³-hybridized carbons (Fsp3) is 0.0667. The summed E-state index contributed by atoms with van der Waals surface area (Å²) in [6.45, 7) is 0. The van der Waals surface area contributed by atoms with Crippen LogP contribution in [-0.2, 0) is 4.79 Å². The van der Waals surface area contributed by atoms with Crippen molar-refractivity contribution in [3.8, 4) is 0 Å². The predicted molar refractivity (Wildman–Crippen MR) is 102 cm³/mol. The summed E-state index contributed by atoms with van der Waals surface area (Å²) < 4.78 is 0. The molecule has 4 nitrogen and oxygen atoms in total. The third-order valence-electron chi connectivity index (χ3n) is 3.05. The van der Waals surface area contributed by atoms with Gasteiger partial charge in [0.05, 0.1) is 37.5 Å². The van der Waals surface area contributed by atoms with Gasteiger partial charge in [-0.1, -0.05) is 58.2 Å². The zero-order chi connectivity index (χ0) is 17.3. The van der Waals surface area contributed by atoms with Crippen LogP contribution in [-0.4, -0.2) is 21.6 Å². The van der Waals surface area contributed by atoms with E-state index < -0.39 is 0 Å². The SMILES string of the molecule is O=C(CSc1nc2ccc(Cl)cc2[nH]1)Nc1cc(Cl)c(Cl)cc1Cl. The molecule has 24 heavy (non-hydrogen) atoms. The molecule has 9 heteroatoms. The van der Waals surface area contributed by atoms with Crippen LogP contribution in [0.25, 0.3) is 11.0 Å². The van der Waals surface area contributed by atoms with E-state index >= 15 is 0 Å². The average Bonchev–Trinajstić information content (AvgIpc) is 2.92. The number of imidazole rings is 1. The lowest BCUT2D eigenvalue weighted by molar-refractivity contribution is -0.113. The molecule has 0 saturated carbocycles. The normalized spacial score (nSPS) is 11.0. The van der Waals surface area contributed by atoms with Crippen molar-refractivity contribution in [3.63, 3.8) is 0 Å². The van der Waals surface area contributed by atoms with Gasteiger partial charge >= 0.3 is 0 Å². The number of halogens is 4. The molecule has 2 N–H and O–H groups in total. The molecule has 1 amide bonds. The van der Waals surface area contributed by atoms with Crippen LogP contribution in [0.3, 0.4) is 0 Å². The van der Waals surface area contributed by atoms with Gasteiger partial charge in [0.15, 0.2) is 5.16 Å². The first kappa shape index (κ1) is 17.7. The van der Waals surface area contributed by atoms with Gasteiger partial charge in [0, 0.05) is 5.02 Å². The predicted octanol–water partition coefficient (Wildman–Crippen LogP) is 5.91. The summed E-state index contributed by atoms with van der Waals surface area (Å²) in [7, 11) is 0. The van der Waals surface area contributed by atoms with Crippen LogP contribution >= 0.6 is 58.2 Å². The van der Waals surface area contributed by atoms with E-state index in [1.54, 1.807) is 12.1 Å². The molecule has 0 fully saturated rings. The van der Waals surface area contributed by atoms with Gasteiger partial charge in [0.25, 0.3) is 0 Å². The first-order valence-electron chi connectivity index (χ1n) is 6.65. The van der Waals surface area contributed by atoms with Crippen molar-refractivity contribution < 1.29 is 4.79 Å². The molecule has 0 aliphatic rings. The molecule has 124 valence electrons. The lowest BCUT2D eigenvalue weighted by Gasteiger charge is -2.08. The zero-order valence-electron chi connectivity index (χ0n) is 11.9. The topological polar surface area (TPSA) is 57.8 Å². The maximum absolute atomic E-state index is 12.1. The van der Waals surface area contributed by atoms with Crippen molar-refractivity contribution in [3.05, 3.63) is 50.4 Å². The highest BCUT2D eigenvalue weighted by atomic mass is 35.5. The van der Waals surface area contributed by atoms with E-state index in [-0.39, 0.29) is 11.7 Å². The molecule has 0 aliphatic carbocycles. The van der Waals surface area contributed by atoms with Crippen molar-refractivity contribution >= 4 is 80.8 Å². The second kappa shape index (κ2) is 7.42. The summed E-state index contributed by atoms with van der Waals surface area (Å²) in [5.41, 5.74) is 2.01. The fourth-order valence-corrected chi connectivity index (χ4v) is 3.42. The molecular weight excluding hydrogens is 412 g/mol. The third-order valence-corrected chi connectivity index (χ3v) is 5.19. The number of aromatic amines is 1. The summed E-state index contributed by atoms with van der Waals surface area (Å²) in [6, 6.07) is 8.35. The first-order chi connectivity index (χ1) is 11.4. The molecule has 2 aromatic carbocycles. The standard InChI is InChI=1S/C15H9Cl4N3OS/c16-7-1-2-11-13(3-7)22-15(21-11)24-6-14(23)20-12-5-9(18)8(17)4-10(12)19/h1-5H,6H2,(H,20,23)(H,21,22). The van der Waals surface area contributed by atoms with Crippen LogP contribution < -0.4 is 5.32 Å². The number of nitrogens with one attached hydrogen (secondary N) is 2. The van der Waals surface area contributed by atoms with Crippen LogP contribution in [0.15, 0.2) is 35.5 Å². The number of thioether (sulfide) groups is 1. The van der Waals surface area contributed by atoms with Crippen molar-refractivity contribution in [2.24, 2.45) is 0 Å². The Balaban J connectivity index is 1.65. The number of hydrogen-bond acceptors (Lipinski definition) is 3. The Morgan fingerprint density at radius 1 is 1.08 bits per heavy atom. The number of rotatable bonds is 4. The van der Waals surface area contributed by atoms with Gasteiger partial charge in [0.2, 0.25) is 5.91 Å². The third kappa shape index (κ3) is 4.10. The molecule has 0 radical (unpaired) electrons. The number of nitrogens with zero attached hydrogens (tertiary/aromatic N) is 1. The summed E-state index contributed by atoms with van der Waals surface area (Å²) in [6.07, 6.45) is 0. The minimum atomic E-state index is -0.237. The molecule has 3 rings (SSSR count). The maximum atomic E-state index is 12.1. The van der Waals surface area contributed by atoms with Gasteiger partial charge in [0.1, 0.15) is 0 Å². The van der Waals surface area contributed by atoms with Crippen LogP contribution in [0, 0.1) is 0 Å². The fourth-order valence-electron chi connectivity index (χ4n) is 1.97. The second-order valence-electron chi connectivity index (χ2n) is 4.79. The lowest BCUT2D eigenvalue weighted by atomic mass is 10.3. The molecule has 0 bridgehead atoms. The molecule has 1 aromatic heterocycles. The molecule has 0 atom stereocenters. The van der Waals surface area contributed by atoms with Crippen LogP contribution in [0.4, 0.5) is 5.69 Å². The van der Waals surface area contributed by atoms with E-state index in [4.69, 9.17) is 46.4 Å². The molecular formula is C15H9Cl4N3OS. The van der Waals surface area contributed by atoms with E-state index in [0.717, 1.165) is 11.0 Å². The van der Waals surface area contributed by atoms with Gasteiger partial charge in [-0.05, 0) is 30.3 Å². The lowest BCUT2D eigenvalue weighted by Crippen LogP contribution is -2.14. The number of hydrogen-bond donors (Lipinski definition) is 2. The van der Waals surface area contributed by atoms with Crippen molar-refractivity contribution in [2.75, 3.05) is 11.1 Å². The largest absolute Gasteiger partial charge is 0.333 e. The van der Waals surface area contributed by atoms with E-state index in [2.05, 4.69) is 15.3 Å². The Morgan fingerprint density at radius 3 is 2.62 bits per heavy atom. The van der Waals surface area contributed by atoms with Gasteiger partial charge in [-0.25, -0.2) is 4.98 Å². The minimum absolute atomic E-state index is 0.157. The molecule has 0 aliphatic heterocycles. The molecule has 1 heterocycles. The van der Waals surface area contributed by atoms with Crippen LogP contribution in [0.1, 0.15) is 0 Å². The summed E-state index contributed by atoms with van der Waals surface area (Å²) in [5.74, 6) is -0.0804. The number of fused-ring (bicyclic) bond motifs is 1. The summed E-state index contributed by atoms with van der Waals surface area (Å²) in [4.78, 5) is 19.6. The number of carbonyl (C=O) groups excluding carboxylic acids is 1. The summed E-state index contributed by atoms with van der Waals surface area (Å²) >= 11 is 25.0. The Labute approximate surface area is 161 Å². The quantitative estimate of drug-likeness (QED) is 0.407. The number of amides is 1. The number of benzene rings is 2. The molecule has 0 spiro atoms. The Hall–Kier alpha value is -1.11. The van der Waals surface area contributed by atoms with Gasteiger partial charge in [-0.3, -0.25) is 4.79 Å². The Bertz CT molecular complexity index is 928. The van der Waals surface area contributed by atoms with Gasteiger partial charge < -0.3 is 10.3 Å². The number of H-pyrrole nitrogens is 1. The molecule has 0 saturated heterocycles. The smallest absolute Gasteiger partial charge is 0.234 e. The van der Waals surface area contributed by atoms with Crippen molar-refractivity contribution in [1.29, 1.82) is 0 Å². The summed E-state index contributed by atoms with van der Waals surface area (Å²) in [5, 5.41) is 4.91. The Morgan fingerprint density at radius 2 is 1.83 bits per heavy atom. The number of carbonyl (C=O) groups is 1. The van der Waals surface area contributed by atoms with Crippen molar-refractivity contribution in [1.82, 2.24) is 9.97 Å². The molecule has 3 aromatic rings. The van der Waals surface area contributed by atoms with Crippen LogP contribution in [0.2, 0.25) is 20.1 Å². The Kier molecular flexibility index (Phi) is 5.47. The maximum Gasteiger partial charge on any atom is 0.234 e. The zero-order valence-corrected chi connectivity index (χ0v) is 15.7. The minimum Gasteiger partial charge on any atom is -0.333 e. The monoisotopic (exact) mass is 419 g/mol. The second-order valence-corrected chi connectivity index (χ2v) is 7.41. The van der Waals surface area contributed by atoms with E-state index in [1.807, 2.05) is 6.07 Å². The number of aromatic nitrogens is 2. The average molecular weight is 421 g/mol. The van der Waals surface area contributed by atoms with Crippen molar-refractivity contribution in [2.45, 2.75) is 5.16 Å². The highest BCUT2D eigenvalue weighted by molar-refractivity contribution is 7.99. The molecule has 0 unspecified atom stereocenters. The van der Waals surface area contributed by atoms with E-state index in [1.165, 1.54) is 23.9 Å². The van der Waals surface area contributed by atoms with E-state index in [0.29, 0.717) is 30.9 Å². The van der Waals surface area contributed by atoms with Crippen LogP contribution in [0.5, 0.6) is 0 Å². The first-order valence-corrected chi connectivity index (χ1v) is 9.14. The van der Waals surface area contributed by atoms with Gasteiger partial charge in [-0.2, -0.15) is 0 Å². The van der Waals surface area contributed by atoms with E-state index in [9.17, 15) is 4.79 Å². The highest BCUT2D eigenvalue weighted by Gasteiger charge is 2.11. The van der Waals surface area contributed by atoms with Gasteiger partial charge in [-0.15, -0.1) is 0 Å². The highest BCUT2D eigenvalue weighted by Crippen LogP contribution is 2.32. The number of anilines is 1.